The molecule has 0 fully saturated rings. The third kappa shape index (κ3) is 2.37. The largest absolute Gasteiger partial charge is 0.458 e. The summed E-state index contributed by atoms with van der Waals surface area (Å²) in [5, 5.41) is 5.25. The SMILES string of the molecule is CNC(c1cc2ccc(Cl)c(Cl)c2o1)C(C)(C)C. The Bertz CT molecular complexity index is 569. The highest BCUT2D eigenvalue weighted by atomic mass is 35.5. The molecule has 0 radical (unpaired) electrons. The van der Waals surface area contributed by atoms with Gasteiger partial charge in [0.1, 0.15) is 10.8 Å². The second-order valence-corrected chi connectivity index (χ2v) is 6.30. The fraction of sp³-hybridized carbons (Fsp3) is 0.429. The zero-order valence-corrected chi connectivity index (χ0v) is 12.5. The van der Waals surface area contributed by atoms with Gasteiger partial charge in [-0.25, -0.2) is 0 Å². The van der Waals surface area contributed by atoms with Gasteiger partial charge in [0, 0.05) is 5.39 Å². The van der Waals surface area contributed by atoms with E-state index in [0.717, 1.165) is 11.1 Å². The van der Waals surface area contributed by atoms with E-state index in [1.165, 1.54) is 0 Å². The summed E-state index contributed by atoms with van der Waals surface area (Å²) < 4.78 is 5.88. The van der Waals surface area contributed by atoms with Crippen LogP contribution in [0.15, 0.2) is 22.6 Å². The fourth-order valence-corrected chi connectivity index (χ4v) is 2.57. The van der Waals surface area contributed by atoms with Crippen molar-refractivity contribution in [2.24, 2.45) is 5.41 Å². The number of rotatable bonds is 2. The molecule has 2 rings (SSSR count). The third-order valence-electron chi connectivity index (χ3n) is 3.04. The molecule has 4 heteroatoms. The van der Waals surface area contributed by atoms with E-state index in [9.17, 15) is 0 Å². The molecule has 0 aliphatic heterocycles. The smallest absolute Gasteiger partial charge is 0.154 e. The maximum atomic E-state index is 6.16. The molecular weight excluding hydrogens is 269 g/mol. The summed E-state index contributed by atoms with van der Waals surface area (Å²) in [4.78, 5) is 0. The van der Waals surface area contributed by atoms with Crippen molar-refractivity contribution < 1.29 is 4.42 Å². The molecule has 0 spiro atoms. The van der Waals surface area contributed by atoms with Crippen LogP contribution in [0.3, 0.4) is 0 Å². The summed E-state index contributed by atoms with van der Waals surface area (Å²) in [6, 6.07) is 5.85. The summed E-state index contributed by atoms with van der Waals surface area (Å²) >= 11 is 12.1. The lowest BCUT2D eigenvalue weighted by atomic mass is 9.85. The van der Waals surface area contributed by atoms with E-state index in [1.807, 2.05) is 19.2 Å². The Morgan fingerprint density at radius 3 is 2.44 bits per heavy atom. The Hall–Kier alpha value is -0.700. The fourth-order valence-electron chi connectivity index (χ4n) is 2.21. The number of furan rings is 1. The van der Waals surface area contributed by atoms with Gasteiger partial charge >= 0.3 is 0 Å². The Balaban J connectivity index is 2.56. The lowest BCUT2D eigenvalue weighted by Gasteiger charge is -2.28. The van der Waals surface area contributed by atoms with Crippen molar-refractivity contribution >= 4 is 34.2 Å². The molecular formula is C14H17Cl2NO. The number of hydrogen-bond acceptors (Lipinski definition) is 2. The van der Waals surface area contributed by atoms with Crippen molar-refractivity contribution in [3.63, 3.8) is 0 Å². The first-order valence-electron chi connectivity index (χ1n) is 5.89. The predicted octanol–water partition coefficient (Wildman–Crippen LogP) is 5.05. The van der Waals surface area contributed by atoms with Gasteiger partial charge in [-0.05, 0) is 30.7 Å². The van der Waals surface area contributed by atoms with Gasteiger partial charge in [-0.1, -0.05) is 44.0 Å². The first-order valence-corrected chi connectivity index (χ1v) is 6.65. The lowest BCUT2D eigenvalue weighted by Crippen LogP contribution is -2.29. The summed E-state index contributed by atoms with van der Waals surface area (Å²) in [7, 11) is 1.93. The monoisotopic (exact) mass is 285 g/mol. The van der Waals surface area contributed by atoms with Crippen molar-refractivity contribution in [2.45, 2.75) is 26.8 Å². The van der Waals surface area contributed by atoms with Crippen LogP contribution < -0.4 is 5.32 Å². The summed E-state index contributed by atoms with van der Waals surface area (Å²) in [6.07, 6.45) is 0. The van der Waals surface area contributed by atoms with Crippen LogP contribution in [0.1, 0.15) is 32.6 Å². The number of benzene rings is 1. The molecule has 0 bridgehead atoms. The lowest BCUT2D eigenvalue weighted by molar-refractivity contribution is 0.253. The van der Waals surface area contributed by atoms with Gasteiger partial charge < -0.3 is 9.73 Å². The van der Waals surface area contributed by atoms with Crippen molar-refractivity contribution in [3.8, 4) is 0 Å². The van der Waals surface area contributed by atoms with Crippen LogP contribution in [-0.4, -0.2) is 7.05 Å². The van der Waals surface area contributed by atoms with Gasteiger partial charge in [-0.3, -0.25) is 0 Å². The standard InChI is InChI=1S/C14H17Cl2NO/c1-14(2,3)13(17-4)10-7-8-5-6-9(15)11(16)12(8)18-10/h5-7,13,17H,1-4H3. The van der Waals surface area contributed by atoms with Gasteiger partial charge in [0.2, 0.25) is 0 Å². The van der Waals surface area contributed by atoms with Crippen molar-refractivity contribution in [1.29, 1.82) is 0 Å². The van der Waals surface area contributed by atoms with E-state index in [1.54, 1.807) is 6.07 Å². The second-order valence-electron chi connectivity index (χ2n) is 5.52. The van der Waals surface area contributed by atoms with Crippen molar-refractivity contribution in [3.05, 3.63) is 34.0 Å². The number of fused-ring (bicyclic) bond motifs is 1. The molecule has 18 heavy (non-hydrogen) atoms. The van der Waals surface area contributed by atoms with E-state index in [0.29, 0.717) is 15.6 Å². The topological polar surface area (TPSA) is 25.2 Å². The average molecular weight is 286 g/mol. The highest BCUT2D eigenvalue weighted by Gasteiger charge is 2.28. The van der Waals surface area contributed by atoms with Crippen molar-refractivity contribution in [2.75, 3.05) is 7.05 Å². The molecule has 98 valence electrons. The summed E-state index contributed by atoms with van der Waals surface area (Å²) in [6.45, 7) is 6.49. The quantitative estimate of drug-likeness (QED) is 0.836. The molecule has 1 unspecified atom stereocenters. The van der Waals surface area contributed by atoms with Gasteiger partial charge in [0.05, 0.1) is 11.1 Å². The second kappa shape index (κ2) is 4.76. The van der Waals surface area contributed by atoms with Crippen molar-refractivity contribution in [1.82, 2.24) is 5.32 Å². The van der Waals surface area contributed by atoms with Crippen LogP contribution in [0.4, 0.5) is 0 Å². The maximum Gasteiger partial charge on any atom is 0.154 e. The molecule has 0 aliphatic carbocycles. The zero-order valence-electron chi connectivity index (χ0n) is 11.0. The van der Waals surface area contributed by atoms with E-state index >= 15 is 0 Å². The zero-order chi connectivity index (χ0) is 13.5. The van der Waals surface area contributed by atoms with Crippen LogP contribution in [0.5, 0.6) is 0 Å². The summed E-state index contributed by atoms with van der Waals surface area (Å²) in [5.41, 5.74) is 0.711. The number of halogens is 2. The molecule has 0 saturated heterocycles. The van der Waals surface area contributed by atoms with Gasteiger partial charge in [0.25, 0.3) is 0 Å². The van der Waals surface area contributed by atoms with Crippen LogP contribution in [0.25, 0.3) is 11.0 Å². The molecule has 1 aromatic heterocycles. The van der Waals surface area contributed by atoms with Crippen LogP contribution in [0, 0.1) is 5.41 Å². The highest BCUT2D eigenvalue weighted by Crippen LogP contribution is 2.38. The third-order valence-corrected chi connectivity index (χ3v) is 3.82. The molecule has 0 aliphatic rings. The normalized spacial score (nSPS) is 14.1. The molecule has 2 nitrogen and oxygen atoms in total. The van der Waals surface area contributed by atoms with E-state index < -0.39 is 0 Å². The minimum absolute atomic E-state index is 0.0545. The molecule has 2 aromatic rings. The number of nitrogens with one attached hydrogen (secondary N) is 1. The Morgan fingerprint density at radius 2 is 1.89 bits per heavy atom. The van der Waals surface area contributed by atoms with E-state index in [2.05, 4.69) is 26.1 Å². The minimum Gasteiger partial charge on any atom is -0.458 e. The number of hydrogen-bond donors (Lipinski definition) is 1. The first kappa shape index (κ1) is 13.7. The average Bonchev–Trinajstić information content (AvgIpc) is 2.67. The molecule has 1 N–H and O–H groups in total. The van der Waals surface area contributed by atoms with Gasteiger partial charge in [-0.15, -0.1) is 0 Å². The van der Waals surface area contributed by atoms with Gasteiger partial charge in [-0.2, -0.15) is 0 Å². The minimum atomic E-state index is 0.0545. The Labute approximate surface area is 117 Å². The molecule has 1 heterocycles. The van der Waals surface area contributed by atoms with E-state index in [4.69, 9.17) is 27.6 Å². The van der Waals surface area contributed by atoms with Gasteiger partial charge in [0.15, 0.2) is 5.58 Å². The molecule has 1 aromatic carbocycles. The molecule has 0 saturated carbocycles. The summed E-state index contributed by atoms with van der Waals surface area (Å²) in [5.74, 6) is 0.879. The molecule has 1 atom stereocenters. The van der Waals surface area contributed by atoms with Crippen LogP contribution in [0.2, 0.25) is 10.0 Å². The van der Waals surface area contributed by atoms with Crippen LogP contribution >= 0.6 is 23.2 Å². The maximum absolute atomic E-state index is 6.16. The Morgan fingerprint density at radius 1 is 1.22 bits per heavy atom. The van der Waals surface area contributed by atoms with E-state index in [-0.39, 0.29) is 11.5 Å². The first-order chi connectivity index (χ1) is 8.34. The highest BCUT2D eigenvalue weighted by molar-refractivity contribution is 6.44. The molecule has 0 amide bonds. The Kier molecular flexibility index (Phi) is 3.63. The predicted molar refractivity (Wildman–Crippen MR) is 77.5 cm³/mol. The van der Waals surface area contributed by atoms with Crippen LogP contribution in [-0.2, 0) is 0 Å².